The molecule has 0 aliphatic heterocycles. The number of aromatic nitrogens is 3. The minimum atomic E-state index is -0.455. The van der Waals surface area contributed by atoms with Gasteiger partial charge in [-0.2, -0.15) is 0 Å². The van der Waals surface area contributed by atoms with Gasteiger partial charge in [0, 0.05) is 24.0 Å². The van der Waals surface area contributed by atoms with Gasteiger partial charge in [-0.1, -0.05) is 17.8 Å². The zero-order chi connectivity index (χ0) is 17.5. The molecule has 0 aromatic carbocycles. The number of rotatable bonds is 5. The average molecular weight is 345 g/mol. The first-order valence-corrected chi connectivity index (χ1v) is 8.62. The third-order valence-electron chi connectivity index (χ3n) is 3.40. The molecular weight excluding hydrogens is 326 g/mol. The van der Waals surface area contributed by atoms with E-state index in [9.17, 15) is 9.59 Å². The highest BCUT2D eigenvalue weighted by Crippen LogP contribution is 2.16. The van der Waals surface area contributed by atoms with Gasteiger partial charge in [0.15, 0.2) is 5.16 Å². The number of aryl methyl sites for hydroxylation is 2. The maximum Gasteiger partial charge on any atom is 0.288 e. The Balaban J connectivity index is 1.87. The molecule has 8 heteroatoms. The van der Waals surface area contributed by atoms with E-state index < -0.39 is 5.91 Å². The van der Waals surface area contributed by atoms with Crippen molar-refractivity contribution in [1.82, 2.24) is 25.8 Å². The lowest BCUT2D eigenvalue weighted by atomic mass is 10.1. The lowest BCUT2D eigenvalue weighted by molar-refractivity contribution is -0.121. The number of carbonyl (C=O) groups is 2. The summed E-state index contributed by atoms with van der Waals surface area (Å²) in [6, 6.07) is 4.98. The van der Waals surface area contributed by atoms with Crippen LogP contribution in [0.4, 0.5) is 0 Å². The molecule has 0 atom stereocenters. The molecule has 126 valence electrons. The first-order chi connectivity index (χ1) is 11.5. The molecule has 2 N–H and O–H groups in total. The van der Waals surface area contributed by atoms with Crippen LogP contribution in [0.2, 0.25) is 0 Å². The van der Waals surface area contributed by atoms with Crippen molar-refractivity contribution in [3.05, 3.63) is 47.0 Å². The summed E-state index contributed by atoms with van der Waals surface area (Å²) in [7, 11) is 0. The molecule has 0 unspecified atom stereocenters. The van der Waals surface area contributed by atoms with Gasteiger partial charge in [-0.05, 0) is 44.2 Å². The van der Waals surface area contributed by atoms with Crippen molar-refractivity contribution in [1.29, 1.82) is 0 Å². The van der Waals surface area contributed by atoms with E-state index in [0.29, 0.717) is 6.42 Å². The first-order valence-electron chi connectivity index (χ1n) is 7.39. The molecule has 0 saturated carbocycles. The van der Waals surface area contributed by atoms with E-state index in [-0.39, 0.29) is 18.0 Å². The molecule has 2 aromatic rings. The standard InChI is InChI=1S/C16H19N5O2S/c1-10-12(11(2)19-16(18-10)24-3)7-8-14(22)20-21-15(23)13-6-4-5-9-17-13/h4-6,9H,7-8H2,1-3H3,(H,20,22)(H,21,23). The van der Waals surface area contributed by atoms with Crippen LogP contribution in [0.15, 0.2) is 29.6 Å². The van der Waals surface area contributed by atoms with Gasteiger partial charge >= 0.3 is 0 Å². The zero-order valence-corrected chi connectivity index (χ0v) is 14.6. The van der Waals surface area contributed by atoms with Crippen LogP contribution in [0.25, 0.3) is 0 Å². The van der Waals surface area contributed by atoms with E-state index in [4.69, 9.17) is 0 Å². The number of nitrogens with zero attached hydrogens (tertiary/aromatic N) is 3. The maximum absolute atomic E-state index is 11.9. The van der Waals surface area contributed by atoms with Crippen LogP contribution >= 0.6 is 11.8 Å². The Labute approximate surface area is 144 Å². The van der Waals surface area contributed by atoms with Crippen LogP contribution < -0.4 is 10.9 Å². The molecular formula is C16H19N5O2S. The largest absolute Gasteiger partial charge is 0.288 e. The molecule has 0 aliphatic carbocycles. The molecule has 24 heavy (non-hydrogen) atoms. The summed E-state index contributed by atoms with van der Waals surface area (Å²) in [5.74, 6) is -0.740. The Kier molecular flexibility index (Phi) is 6.25. The number of hydrazine groups is 1. The van der Waals surface area contributed by atoms with Crippen LogP contribution in [0.5, 0.6) is 0 Å². The summed E-state index contributed by atoms with van der Waals surface area (Å²) in [6.07, 6.45) is 4.18. The highest BCUT2D eigenvalue weighted by Gasteiger charge is 2.12. The Morgan fingerprint density at radius 3 is 2.42 bits per heavy atom. The minimum absolute atomic E-state index is 0.228. The van der Waals surface area contributed by atoms with Crippen LogP contribution in [-0.2, 0) is 11.2 Å². The van der Waals surface area contributed by atoms with Gasteiger partial charge in [-0.15, -0.1) is 0 Å². The van der Waals surface area contributed by atoms with E-state index in [1.165, 1.54) is 18.0 Å². The molecule has 0 fully saturated rings. The highest BCUT2D eigenvalue weighted by molar-refractivity contribution is 7.98. The Morgan fingerprint density at radius 2 is 1.83 bits per heavy atom. The first kappa shape index (κ1) is 17.9. The van der Waals surface area contributed by atoms with Crippen molar-refractivity contribution >= 4 is 23.6 Å². The van der Waals surface area contributed by atoms with E-state index >= 15 is 0 Å². The van der Waals surface area contributed by atoms with Gasteiger partial charge in [-0.25, -0.2) is 9.97 Å². The molecule has 0 radical (unpaired) electrons. The third-order valence-corrected chi connectivity index (χ3v) is 3.95. The van der Waals surface area contributed by atoms with Gasteiger partial charge in [0.05, 0.1) is 0 Å². The molecule has 2 amide bonds. The van der Waals surface area contributed by atoms with Crippen LogP contribution in [0, 0.1) is 13.8 Å². The Hall–Kier alpha value is -2.48. The molecule has 0 saturated heterocycles. The second kappa shape index (κ2) is 8.39. The van der Waals surface area contributed by atoms with Gasteiger partial charge in [0.25, 0.3) is 5.91 Å². The fourth-order valence-electron chi connectivity index (χ4n) is 2.15. The maximum atomic E-state index is 11.9. The summed E-state index contributed by atoms with van der Waals surface area (Å²) >= 11 is 1.48. The Morgan fingerprint density at radius 1 is 1.12 bits per heavy atom. The number of amides is 2. The minimum Gasteiger partial charge on any atom is -0.273 e. The summed E-state index contributed by atoms with van der Waals surface area (Å²) in [6.45, 7) is 3.81. The lowest BCUT2D eigenvalue weighted by Gasteiger charge is -2.10. The summed E-state index contributed by atoms with van der Waals surface area (Å²) in [4.78, 5) is 36.4. The smallest absolute Gasteiger partial charge is 0.273 e. The lowest BCUT2D eigenvalue weighted by Crippen LogP contribution is -2.42. The predicted octanol–water partition coefficient (Wildman–Crippen LogP) is 1.60. The average Bonchev–Trinajstić information content (AvgIpc) is 2.59. The number of hydrogen-bond acceptors (Lipinski definition) is 6. The van der Waals surface area contributed by atoms with Gasteiger partial charge in [0.2, 0.25) is 5.91 Å². The fraction of sp³-hybridized carbons (Fsp3) is 0.312. The quantitative estimate of drug-likeness (QED) is 0.485. The predicted molar refractivity (Wildman–Crippen MR) is 91.5 cm³/mol. The van der Waals surface area contributed by atoms with Crippen molar-refractivity contribution in [2.75, 3.05) is 6.26 Å². The van der Waals surface area contributed by atoms with Crippen LogP contribution in [0.3, 0.4) is 0 Å². The number of pyridine rings is 1. The van der Waals surface area contributed by atoms with Crippen molar-refractivity contribution < 1.29 is 9.59 Å². The van der Waals surface area contributed by atoms with Gasteiger partial charge in [0.1, 0.15) is 5.69 Å². The van der Waals surface area contributed by atoms with Crippen molar-refractivity contribution in [3.63, 3.8) is 0 Å². The molecule has 0 aliphatic rings. The number of nitrogens with one attached hydrogen (secondary N) is 2. The summed E-state index contributed by atoms with van der Waals surface area (Å²) < 4.78 is 0. The van der Waals surface area contributed by atoms with Crippen molar-refractivity contribution in [2.24, 2.45) is 0 Å². The van der Waals surface area contributed by atoms with Gasteiger partial charge in [-0.3, -0.25) is 25.4 Å². The Bertz CT molecular complexity index is 713. The van der Waals surface area contributed by atoms with Crippen LogP contribution in [-0.4, -0.2) is 33.0 Å². The molecule has 0 bridgehead atoms. The second-order valence-corrected chi connectivity index (χ2v) is 5.85. The van der Waals surface area contributed by atoms with Crippen molar-refractivity contribution in [3.8, 4) is 0 Å². The van der Waals surface area contributed by atoms with E-state index in [1.807, 2.05) is 20.1 Å². The monoisotopic (exact) mass is 345 g/mol. The van der Waals surface area contributed by atoms with E-state index in [1.54, 1.807) is 18.2 Å². The SMILES string of the molecule is CSc1nc(C)c(CCC(=O)NNC(=O)c2ccccn2)c(C)n1. The number of carbonyl (C=O) groups excluding carboxylic acids is 2. The van der Waals surface area contributed by atoms with Gasteiger partial charge < -0.3 is 0 Å². The van der Waals surface area contributed by atoms with E-state index in [0.717, 1.165) is 22.1 Å². The summed E-state index contributed by atoms with van der Waals surface area (Å²) in [5.41, 5.74) is 7.68. The zero-order valence-electron chi connectivity index (χ0n) is 13.8. The van der Waals surface area contributed by atoms with Crippen molar-refractivity contribution in [2.45, 2.75) is 31.8 Å². The summed E-state index contributed by atoms with van der Waals surface area (Å²) in [5, 5.41) is 0.723. The fourth-order valence-corrected chi connectivity index (χ4v) is 2.61. The van der Waals surface area contributed by atoms with Crippen LogP contribution in [0.1, 0.15) is 33.9 Å². The topological polar surface area (TPSA) is 96.9 Å². The number of hydrogen-bond donors (Lipinski definition) is 2. The second-order valence-electron chi connectivity index (χ2n) is 5.08. The molecule has 2 aromatic heterocycles. The molecule has 7 nitrogen and oxygen atoms in total. The van der Waals surface area contributed by atoms with E-state index in [2.05, 4.69) is 25.8 Å². The molecule has 2 heterocycles. The third kappa shape index (κ3) is 4.76. The highest BCUT2D eigenvalue weighted by atomic mass is 32.2. The molecule has 2 rings (SSSR count). The normalized spacial score (nSPS) is 10.3. The number of thioether (sulfide) groups is 1. The molecule has 0 spiro atoms.